The summed E-state index contributed by atoms with van der Waals surface area (Å²) in [6, 6.07) is 4.23. The number of ether oxygens (including phenoxy) is 2. The number of halogens is 1. The lowest BCUT2D eigenvalue weighted by Gasteiger charge is -2.17. The van der Waals surface area contributed by atoms with E-state index in [9.17, 15) is 9.18 Å². The smallest absolute Gasteiger partial charge is 0.347 e. The Morgan fingerprint density at radius 2 is 2.11 bits per heavy atom. The van der Waals surface area contributed by atoms with Gasteiger partial charge in [0, 0.05) is 6.04 Å². The zero-order valence-corrected chi connectivity index (χ0v) is 11.5. The van der Waals surface area contributed by atoms with Crippen molar-refractivity contribution in [2.45, 2.75) is 39.3 Å². The van der Waals surface area contributed by atoms with E-state index >= 15 is 0 Å². The highest BCUT2D eigenvalue weighted by atomic mass is 19.1. The average molecular weight is 269 g/mol. The summed E-state index contributed by atoms with van der Waals surface area (Å²) >= 11 is 0. The van der Waals surface area contributed by atoms with Gasteiger partial charge in [-0.2, -0.15) is 0 Å². The van der Waals surface area contributed by atoms with Crippen LogP contribution in [0.5, 0.6) is 5.75 Å². The molecular formula is C14H20FNO3. The number of benzene rings is 1. The van der Waals surface area contributed by atoms with Crippen molar-refractivity contribution in [3.05, 3.63) is 29.6 Å². The van der Waals surface area contributed by atoms with Crippen LogP contribution in [0.4, 0.5) is 4.39 Å². The molecule has 1 aromatic rings. The molecule has 0 fully saturated rings. The predicted octanol–water partition coefficient (Wildman–Crippen LogP) is 2.57. The standard InChI is InChI=1S/C14H20FNO3/c1-4-12(14(17)18-5-2)19-13-7-6-10(9(3)16)8-11(13)15/h6-9,12H,4-5,16H2,1-3H3. The molecule has 2 unspecified atom stereocenters. The molecule has 0 heterocycles. The summed E-state index contributed by atoms with van der Waals surface area (Å²) < 4.78 is 24.0. The molecule has 0 aromatic heterocycles. The number of hydrogen-bond acceptors (Lipinski definition) is 4. The number of hydrogen-bond donors (Lipinski definition) is 1. The Bertz CT molecular complexity index is 435. The molecule has 2 N–H and O–H groups in total. The zero-order valence-electron chi connectivity index (χ0n) is 11.5. The number of carbonyl (C=O) groups is 1. The number of rotatable bonds is 6. The minimum Gasteiger partial charge on any atom is -0.476 e. The molecule has 106 valence electrons. The van der Waals surface area contributed by atoms with Gasteiger partial charge in [-0.25, -0.2) is 9.18 Å². The van der Waals surface area contributed by atoms with Crippen molar-refractivity contribution >= 4 is 5.97 Å². The predicted molar refractivity (Wildman–Crippen MR) is 70.3 cm³/mol. The molecule has 2 atom stereocenters. The maximum absolute atomic E-state index is 13.8. The minimum absolute atomic E-state index is 0.0318. The number of carbonyl (C=O) groups excluding carboxylic acids is 1. The van der Waals surface area contributed by atoms with E-state index in [-0.39, 0.29) is 18.4 Å². The molecule has 0 saturated heterocycles. The van der Waals surface area contributed by atoms with Gasteiger partial charge in [0.1, 0.15) is 0 Å². The summed E-state index contributed by atoms with van der Waals surface area (Å²) in [6.45, 7) is 5.52. The van der Waals surface area contributed by atoms with Crippen LogP contribution in [0, 0.1) is 5.82 Å². The van der Waals surface area contributed by atoms with Gasteiger partial charge in [-0.15, -0.1) is 0 Å². The number of nitrogens with two attached hydrogens (primary N) is 1. The van der Waals surface area contributed by atoms with E-state index in [1.165, 1.54) is 12.1 Å². The lowest BCUT2D eigenvalue weighted by molar-refractivity contribution is -0.151. The van der Waals surface area contributed by atoms with Gasteiger partial charge in [0.2, 0.25) is 0 Å². The zero-order chi connectivity index (χ0) is 14.4. The first kappa shape index (κ1) is 15.4. The molecule has 0 spiro atoms. The van der Waals surface area contributed by atoms with E-state index in [1.807, 2.05) is 0 Å². The number of esters is 1. The normalized spacial score (nSPS) is 13.7. The van der Waals surface area contributed by atoms with Crippen molar-refractivity contribution in [2.75, 3.05) is 6.61 Å². The van der Waals surface area contributed by atoms with Crippen molar-refractivity contribution < 1.29 is 18.7 Å². The second-order valence-electron chi connectivity index (χ2n) is 4.25. The summed E-state index contributed by atoms with van der Waals surface area (Å²) in [4.78, 5) is 11.6. The summed E-state index contributed by atoms with van der Waals surface area (Å²) in [7, 11) is 0. The Kier molecular flexibility index (Phi) is 5.76. The fourth-order valence-corrected chi connectivity index (χ4v) is 1.58. The topological polar surface area (TPSA) is 61.5 Å². The van der Waals surface area contributed by atoms with Crippen molar-refractivity contribution in [3.63, 3.8) is 0 Å². The van der Waals surface area contributed by atoms with E-state index < -0.39 is 17.9 Å². The summed E-state index contributed by atoms with van der Waals surface area (Å²) in [5, 5.41) is 0. The summed E-state index contributed by atoms with van der Waals surface area (Å²) in [5.41, 5.74) is 6.34. The summed E-state index contributed by atoms with van der Waals surface area (Å²) in [6.07, 6.45) is -0.386. The quantitative estimate of drug-likeness (QED) is 0.806. The van der Waals surface area contributed by atoms with Gasteiger partial charge in [-0.05, 0) is 38.0 Å². The van der Waals surface area contributed by atoms with Crippen LogP contribution in [0.2, 0.25) is 0 Å². The molecule has 1 rings (SSSR count). The second-order valence-corrected chi connectivity index (χ2v) is 4.25. The van der Waals surface area contributed by atoms with Crippen molar-refractivity contribution in [3.8, 4) is 5.75 Å². The van der Waals surface area contributed by atoms with Crippen LogP contribution in [0.25, 0.3) is 0 Å². The second kappa shape index (κ2) is 7.09. The van der Waals surface area contributed by atoms with Gasteiger partial charge >= 0.3 is 5.97 Å². The first-order chi connectivity index (χ1) is 8.99. The van der Waals surface area contributed by atoms with Gasteiger partial charge in [0.15, 0.2) is 17.7 Å². The monoisotopic (exact) mass is 269 g/mol. The van der Waals surface area contributed by atoms with Crippen LogP contribution < -0.4 is 10.5 Å². The van der Waals surface area contributed by atoms with E-state index in [0.717, 1.165) is 0 Å². The Morgan fingerprint density at radius 1 is 1.42 bits per heavy atom. The Hall–Kier alpha value is -1.62. The third kappa shape index (κ3) is 4.21. The lowest BCUT2D eigenvalue weighted by atomic mass is 10.1. The lowest BCUT2D eigenvalue weighted by Crippen LogP contribution is -2.29. The van der Waals surface area contributed by atoms with E-state index in [0.29, 0.717) is 12.0 Å². The van der Waals surface area contributed by atoms with Crippen LogP contribution in [-0.2, 0) is 9.53 Å². The fraction of sp³-hybridized carbons (Fsp3) is 0.500. The maximum Gasteiger partial charge on any atom is 0.347 e. The van der Waals surface area contributed by atoms with Crippen LogP contribution in [0.1, 0.15) is 38.8 Å². The molecule has 19 heavy (non-hydrogen) atoms. The molecule has 0 saturated carbocycles. The summed E-state index contributed by atoms with van der Waals surface area (Å²) in [5.74, 6) is -0.984. The van der Waals surface area contributed by atoms with Crippen molar-refractivity contribution in [1.82, 2.24) is 0 Å². The fourth-order valence-electron chi connectivity index (χ4n) is 1.58. The average Bonchev–Trinajstić information content (AvgIpc) is 2.37. The molecule has 0 aliphatic rings. The van der Waals surface area contributed by atoms with Crippen LogP contribution in [-0.4, -0.2) is 18.7 Å². The highest BCUT2D eigenvalue weighted by Gasteiger charge is 2.21. The van der Waals surface area contributed by atoms with E-state index in [2.05, 4.69) is 0 Å². The van der Waals surface area contributed by atoms with Gasteiger partial charge < -0.3 is 15.2 Å². The molecule has 0 amide bonds. The maximum atomic E-state index is 13.8. The molecule has 0 radical (unpaired) electrons. The molecule has 0 aliphatic carbocycles. The van der Waals surface area contributed by atoms with Crippen LogP contribution in [0.15, 0.2) is 18.2 Å². The third-order valence-corrected chi connectivity index (χ3v) is 2.67. The molecule has 4 nitrogen and oxygen atoms in total. The van der Waals surface area contributed by atoms with Crippen LogP contribution >= 0.6 is 0 Å². The van der Waals surface area contributed by atoms with E-state index in [1.54, 1.807) is 26.8 Å². The van der Waals surface area contributed by atoms with Crippen LogP contribution in [0.3, 0.4) is 0 Å². The minimum atomic E-state index is -0.796. The van der Waals surface area contributed by atoms with E-state index in [4.69, 9.17) is 15.2 Å². The Morgan fingerprint density at radius 3 is 2.58 bits per heavy atom. The SMILES string of the molecule is CCOC(=O)C(CC)Oc1ccc(C(C)N)cc1F. The molecule has 5 heteroatoms. The highest BCUT2D eigenvalue weighted by Crippen LogP contribution is 2.23. The highest BCUT2D eigenvalue weighted by molar-refractivity contribution is 5.75. The molecule has 1 aromatic carbocycles. The van der Waals surface area contributed by atoms with Gasteiger partial charge in [-0.1, -0.05) is 13.0 Å². The van der Waals surface area contributed by atoms with Gasteiger partial charge in [-0.3, -0.25) is 0 Å². The van der Waals surface area contributed by atoms with Crippen molar-refractivity contribution in [2.24, 2.45) is 5.73 Å². The third-order valence-electron chi connectivity index (χ3n) is 2.67. The first-order valence-corrected chi connectivity index (χ1v) is 6.37. The molecule has 0 bridgehead atoms. The first-order valence-electron chi connectivity index (χ1n) is 6.37. The van der Waals surface area contributed by atoms with Gasteiger partial charge in [0.05, 0.1) is 6.61 Å². The van der Waals surface area contributed by atoms with Gasteiger partial charge in [0.25, 0.3) is 0 Å². The van der Waals surface area contributed by atoms with Crippen molar-refractivity contribution in [1.29, 1.82) is 0 Å². The largest absolute Gasteiger partial charge is 0.476 e. The molecule has 0 aliphatic heterocycles. The Labute approximate surface area is 112 Å². The molecular weight excluding hydrogens is 249 g/mol. The Balaban J connectivity index is 2.83.